The topological polar surface area (TPSA) is 116 Å². The lowest BCUT2D eigenvalue weighted by molar-refractivity contribution is -0.139. The van der Waals surface area contributed by atoms with Gasteiger partial charge in [0.25, 0.3) is 5.91 Å². The molecule has 0 atom stereocenters. The summed E-state index contributed by atoms with van der Waals surface area (Å²) in [5, 5.41) is 4.86. The van der Waals surface area contributed by atoms with Crippen LogP contribution in [0.1, 0.15) is 31.2 Å². The van der Waals surface area contributed by atoms with Crippen molar-refractivity contribution in [3.05, 3.63) is 29.8 Å². The molecule has 2 aliphatic heterocycles. The molecule has 2 heterocycles. The minimum Gasteiger partial charge on any atom is -0.340 e. The lowest BCUT2D eigenvalue weighted by atomic mass is 9.76. The van der Waals surface area contributed by atoms with Gasteiger partial charge in [-0.2, -0.15) is 17.5 Å². The smallest absolute Gasteiger partial charge is 0.340 e. The highest BCUT2D eigenvalue weighted by molar-refractivity contribution is 7.89. The molecule has 0 bridgehead atoms. The Bertz CT molecular complexity index is 1080. The van der Waals surface area contributed by atoms with E-state index in [1.54, 1.807) is 4.90 Å². The summed E-state index contributed by atoms with van der Waals surface area (Å²) in [5.41, 5.74) is -2.01. The number of alkyl halides is 3. The second kappa shape index (κ2) is 8.28. The van der Waals surface area contributed by atoms with Gasteiger partial charge in [0.1, 0.15) is 5.54 Å². The van der Waals surface area contributed by atoms with Gasteiger partial charge in [0.15, 0.2) is 0 Å². The summed E-state index contributed by atoms with van der Waals surface area (Å²) in [7, 11) is -4.13. The number of rotatable bonds is 3. The Morgan fingerprint density at radius 2 is 1.70 bits per heavy atom. The number of carbonyl (C=O) groups excluding carboxylic acids is 3. The third-order valence-electron chi connectivity index (χ3n) is 6.55. The number of hydrogen-bond donors (Lipinski definition) is 2. The van der Waals surface area contributed by atoms with E-state index in [1.807, 2.05) is 0 Å². The first-order valence-electron chi connectivity index (χ1n) is 10.5. The molecule has 3 fully saturated rings. The molecule has 1 aromatic rings. The number of carbonyl (C=O) groups is 3. The van der Waals surface area contributed by atoms with Crippen LogP contribution in [-0.4, -0.2) is 67.2 Å². The molecule has 1 spiro atoms. The van der Waals surface area contributed by atoms with E-state index in [1.165, 1.54) is 0 Å². The van der Waals surface area contributed by atoms with Crippen molar-refractivity contribution in [2.75, 3.05) is 26.2 Å². The van der Waals surface area contributed by atoms with Crippen molar-refractivity contribution in [1.82, 2.24) is 19.8 Å². The maximum Gasteiger partial charge on any atom is 0.416 e. The van der Waals surface area contributed by atoms with Crippen molar-refractivity contribution in [1.29, 1.82) is 0 Å². The van der Waals surface area contributed by atoms with E-state index < -0.39 is 38.2 Å². The largest absolute Gasteiger partial charge is 0.416 e. The van der Waals surface area contributed by atoms with Crippen LogP contribution in [0.3, 0.4) is 0 Å². The van der Waals surface area contributed by atoms with Crippen molar-refractivity contribution >= 4 is 27.9 Å². The molecular weight excluding hydrogens is 465 g/mol. The van der Waals surface area contributed by atoms with Crippen LogP contribution in [0.4, 0.5) is 18.0 Å². The van der Waals surface area contributed by atoms with Crippen molar-refractivity contribution < 1.29 is 36.0 Å². The molecule has 4 amide bonds. The highest BCUT2D eigenvalue weighted by atomic mass is 32.2. The van der Waals surface area contributed by atoms with Crippen LogP contribution >= 0.6 is 0 Å². The third kappa shape index (κ3) is 4.43. The van der Waals surface area contributed by atoms with Crippen molar-refractivity contribution in [2.24, 2.45) is 5.92 Å². The van der Waals surface area contributed by atoms with Gasteiger partial charge in [0.05, 0.1) is 10.5 Å². The number of sulfonamides is 1. The monoisotopic (exact) mass is 488 g/mol. The summed E-state index contributed by atoms with van der Waals surface area (Å²) < 4.78 is 65.6. The fourth-order valence-electron chi connectivity index (χ4n) is 4.63. The van der Waals surface area contributed by atoms with Crippen LogP contribution in [0.15, 0.2) is 29.2 Å². The Balaban J connectivity index is 1.36. The number of piperazine rings is 1. The Kier molecular flexibility index (Phi) is 5.89. The summed E-state index contributed by atoms with van der Waals surface area (Å²) >= 11 is 0. The van der Waals surface area contributed by atoms with E-state index in [0.29, 0.717) is 31.7 Å². The fourth-order valence-corrected chi connectivity index (χ4v) is 6.10. The molecule has 0 aromatic heterocycles. The predicted octanol–water partition coefficient (Wildman–Crippen LogP) is 1.31. The highest BCUT2D eigenvalue weighted by Crippen LogP contribution is 2.35. The van der Waals surface area contributed by atoms with Crippen LogP contribution in [-0.2, 0) is 25.8 Å². The van der Waals surface area contributed by atoms with Gasteiger partial charge in [0.2, 0.25) is 15.9 Å². The standard InChI is InChI=1S/C20H23F3N4O5S/c21-20(22,23)14-2-1-3-15(12-14)33(31,32)27-10-8-26(9-11-27)16(28)13-4-6-19(7-5-13)17(29)24-18(30)25-19/h1-3,12-13H,4-11H2,(H2,24,25,29,30). The van der Waals surface area contributed by atoms with Gasteiger partial charge in [0, 0.05) is 32.1 Å². The third-order valence-corrected chi connectivity index (χ3v) is 8.45. The van der Waals surface area contributed by atoms with E-state index in [2.05, 4.69) is 10.6 Å². The van der Waals surface area contributed by atoms with Gasteiger partial charge in [-0.1, -0.05) is 6.07 Å². The number of nitrogens with one attached hydrogen (secondary N) is 2. The number of nitrogens with zero attached hydrogens (tertiary/aromatic N) is 2. The Hall–Kier alpha value is -2.67. The maximum atomic E-state index is 13.0. The zero-order valence-electron chi connectivity index (χ0n) is 17.5. The molecule has 1 aromatic carbocycles. The molecule has 4 rings (SSSR count). The Labute approximate surface area is 188 Å². The minimum atomic E-state index is -4.66. The van der Waals surface area contributed by atoms with Crippen molar-refractivity contribution in [2.45, 2.75) is 42.3 Å². The maximum absolute atomic E-state index is 13.0. The van der Waals surface area contributed by atoms with Gasteiger partial charge in [-0.3, -0.25) is 14.9 Å². The average molecular weight is 488 g/mol. The van der Waals surface area contributed by atoms with Gasteiger partial charge in [-0.05, 0) is 43.9 Å². The summed E-state index contributed by atoms with van der Waals surface area (Å²) in [4.78, 5) is 37.5. The van der Waals surface area contributed by atoms with E-state index in [-0.39, 0.29) is 43.9 Å². The molecule has 33 heavy (non-hydrogen) atoms. The van der Waals surface area contributed by atoms with Crippen LogP contribution in [0.5, 0.6) is 0 Å². The molecule has 1 saturated carbocycles. The second-order valence-corrected chi connectivity index (χ2v) is 10.5. The summed E-state index contributed by atoms with van der Waals surface area (Å²) in [6.07, 6.45) is -3.16. The molecule has 0 radical (unpaired) electrons. The first-order chi connectivity index (χ1) is 15.4. The van der Waals surface area contributed by atoms with Gasteiger partial charge in [-0.15, -0.1) is 0 Å². The second-order valence-electron chi connectivity index (χ2n) is 8.52. The number of imide groups is 1. The molecular formula is C20H23F3N4O5S. The van der Waals surface area contributed by atoms with E-state index >= 15 is 0 Å². The Morgan fingerprint density at radius 3 is 2.24 bits per heavy atom. The van der Waals surface area contributed by atoms with Gasteiger partial charge in [-0.25, -0.2) is 13.2 Å². The zero-order chi connectivity index (χ0) is 24.0. The molecule has 1 aliphatic carbocycles. The molecule has 13 heteroatoms. The lowest BCUT2D eigenvalue weighted by Gasteiger charge is -2.39. The summed E-state index contributed by atoms with van der Waals surface area (Å²) in [6.45, 7) is 0.185. The number of urea groups is 1. The van der Waals surface area contributed by atoms with Crippen LogP contribution in [0.2, 0.25) is 0 Å². The van der Waals surface area contributed by atoms with Gasteiger partial charge >= 0.3 is 12.2 Å². The summed E-state index contributed by atoms with van der Waals surface area (Å²) in [5.74, 6) is -0.870. The Morgan fingerprint density at radius 1 is 1.06 bits per heavy atom. The molecule has 2 N–H and O–H groups in total. The van der Waals surface area contributed by atoms with Crippen LogP contribution < -0.4 is 10.6 Å². The number of amides is 4. The quantitative estimate of drug-likeness (QED) is 0.623. The van der Waals surface area contributed by atoms with E-state index in [9.17, 15) is 36.0 Å². The van der Waals surface area contributed by atoms with Gasteiger partial charge < -0.3 is 10.2 Å². The molecule has 3 aliphatic rings. The average Bonchev–Trinajstić information content (AvgIpc) is 3.05. The minimum absolute atomic E-state index is 0.0283. The highest BCUT2D eigenvalue weighted by Gasteiger charge is 2.49. The first kappa shape index (κ1) is 23.5. The zero-order valence-corrected chi connectivity index (χ0v) is 18.3. The normalized spacial score (nSPS) is 26.9. The molecule has 0 unspecified atom stereocenters. The van der Waals surface area contributed by atoms with Crippen molar-refractivity contribution in [3.8, 4) is 0 Å². The van der Waals surface area contributed by atoms with Crippen LogP contribution in [0, 0.1) is 5.92 Å². The molecule has 180 valence electrons. The molecule has 9 nitrogen and oxygen atoms in total. The summed E-state index contributed by atoms with van der Waals surface area (Å²) in [6, 6.07) is 3.06. The van der Waals surface area contributed by atoms with Crippen molar-refractivity contribution in [3.63, 3.8) is 0 Å². The number of hydrogen-bond acceptors (Lipinski definition) is 5. The molecule has 2 saturated heterocycles. The number of halogens is 3. The lowest BCUT2D eigenvalue weighted by Crippen LogP contribution is -2.54. The number of benzene rings is 1. The fraction of sp³-hybridized carbons (Fsp3) is 0.550. The predicted molar refractivity (Wildman–Crippen MR) is 108 cm³/mol. The van der Waals surface area contributed by atoms with E-state index in [0.717, 1.165) is 22.5 Å². The van der Waals surface area contributed by atoms with Crippen LogP contribution in [0.25, 0.3) is 0 Å². The SMILES string of the molecule is O=C1NC(=O)C2(CCC(C(=O)N3CCN(S(=O)(=O)c4cccc(C(F)(F)F)c4)CC3)CC2)N1. The van der Waals surface area contributed by atoms with E-state index in [4.69, 9.17) is 0 Å². The first-order valence-corrected chi connectivity index (χ1v) is 12.0.